The minimum Gasteiger partial charge on any atom is -0.458 e. The lowest BCUT2D eigenvalue weighted by Gasteiger charge is -2.36. The molecule has 7 unspecified atom stereocenters. The number of benzene rings is 1. The summed E-state index contributed by atoms with van der Waals surface area (Å²) in [7, 11) is 0. The molecule has 1 aromatic carbocycles. The molecule has 3 aliphatic heterocycles. The van der Waals surface area contributed by atoms with Crippen LogP contribution in [0.2, 0.25) is 10.0 Å². The van der Waals surface area contributed by atoms with E-state index in [2.05, 4.69) is 5.32 Å². The number of carbonyl (C=O) groups is 2. The number of fused-ring (bicyclic) bond motifs is 1. The van der Waals surface area contributed by atoms with Crippen LogP contribution in [-0.2, 0) is 9.59 Å². The topological polar surface area (TPSA) is 143 Å². The maximum Gasteiger partial charge on any atom is 0.238 e. The second kappa shape index (κ2) is 11.3. The molecular weight excluding hydrogens is 557 g/mol. The van der Waals surface area contributed by atoms with Crippen molar-refractivity contribution >= 4 is 46.8 Å². The normalized spacial score (nSPS) is 33.4. The summed E-state index contributed by atoms with van der Waals surface area (Å²) >= 11 is 13.4. The van der Waals surface area contributed by atoms with Crippen molar-refractivity contribution in [1.82, 2.24) is 15.1 Å². The molecular formula is C25H27Cl2N3O7S. The number of piperidine rings is 1. The van der Waals surface area contributed by atoms with Crippen LogP contribution in [0.5, 0.6) is 5.75 Å². The molecule has 13 heteroatoms. The van der Waals surface area contributed by atoms with Crippen LogP contribution in [0.1, 0.15) is 12.8 Å². The van der Waals surface area contributed by atoms with Crippen LogP contribution in [-0.4, -0.2) is 85.3 Å². The third kappa shape index (κ3) is 5.40. The van der Waals surface area contributed by atoms with Crippen molar-refractivity contribution in [2.45, 2.75) is 43.8 Å². The number of halogens is 2. The molecule has 0 bridgehead atoms. The molecule has 7 atom stereocenters. The van der Waals surface area contributed by atoms with Gasteiger partial charge in [-0.2, -0.15) is 0 Å². The smallest absolute Gasteiger partial charge is 0.238 e. The van der Waals surface area contributed by atoms with E-state index in [9.17, 15) is 30.0 Å². The summed E-state index contributed by atoms with van der Waals surface area (Å²) < 4.78 is 5.70. The zero-order valence-corrected chi connectivity index (χ0v) is 22.3. The number of hydrogen-bond acceptors (Lipinski definition) is 10. The third-order valence-electron chi connectivity index (χ3n) is 6.98. The lowest BCUT2D eigenvalue weighted by molar-refractivity contribution is -0.149. The summed E-state index contributed by atoms with van der Waals surface area (Å²) in [6.45, 7) is 0.250. The van der Waals surface area contributed by atoms with Crippen molar-refractivity contribution < 1.29 is 34.8 Å². The number of hydrogen-bond donors (Lipinski definition) is 5. The van der Waals surface area contributed by atoms with Crippen LogP contribution in [0, 0.1) is 11.8 Å². The molecule has 0 radical (unpaired) electrons. The van der Waals surface area contributed by atoms with Gasteiger partial charge in [0.2, 0.25) is 11.8 Å². The molecule has 2 fully saturated rings. The van der Waals surface area contributed by atoms with E-state index in [4.69, 9.17) is 27.9 Å². The summed E-state index contributed by atoms with van der Waals surface area (Å²) in [6, 6.07) is 3.88. The first kappa shape index (κ1) is 27.6. The number of imide groups is 1. The average molecular weight is 584 g/mol. The molecule has 1 aromatic rings. The number of aliphatic hydroxyl groups excluding tert-OH is 4. The predicted octanol–water partition coefficient (Wildman–Crippen LogP) is 1.39. The van der Waals surface area contributed by atoms with E-state index in [1.165, 1.54) is 22.7 Å². The highest BCUT2D eigenvalue weighted by atomic mass is 35.5. The molecule has 5 rings (SSSR count). The SMILES string of the molecule is O=C1C2C=CC=C(SCCN3C(O)C=C(Oc4cc(Cl)cc(Cl)c4)C3O)C2C(=O)N1C1CCC(O)NC1O. The van der Waals surface area contributed by atoms with Crippen LogP contribution in [0.4, 0.5) is 0 Å². The molecule has 1 aliphatic carbocycles. The minimum absolute atomic E-state index is 0.137. The van der Waals surface area contributed by atoms with Gasteiger partial charge in [-0.3, -0.25) is 19.8 Å². The third-order valence-corrected chi connectivity index (χ3v) is 8.52. The van der Waals surface area contributed by atoms with Crippen molar-refractivity contribution in [3.8, 4) is 5.75 Å². The number of nitrogens with one attached hydrogen (secondary N) is 1. The molecule has 3 heterocycles. The first-order chi connectivity index (χ1) is 18.1. The fraction of sp³-hybridized carbons (Fsp3) is 0.440. The van der Waals surface area contributed by atoms with Gasteiger partial charge in [-0.25, -0.2) is 4.90 Å². The number of carbonyl (C=O) groups excluding carboxylic acids is 2. The van der Waals surface area contributed by atoms with Gasteiger partial charge in [0, 0.05) is 28.4 Å². The van der Waals surface area contributed by atoms with Crippen molar-refractivity contribution in [2.75, 3.05) is 12.3 Å². The Morgan fingerprint density at radius 3 is 2.50 bits per heavy atom. The molecule has 5 N–H and O–H groups in total. The Balaban J connectivity index is 1.20. The number of nitrogens with zero attached hydrogens (tertiary/aromatic N) is 2. The maximum absolute atomic E-state index is 13.4. The summed E-state index contributed by atoms with van der Waals surface area (Å²) in [5.41, 5.74) is 0. The minimum atomic E-state index is -1.21. The Bertz CT molecular complexity index is 1190. The molecule has 0 spiro atoms. The second-order valence-corrected chi connectivity index (χ2v) is 11.5. The van der Waals surface area contributed by atoms with Gasteiger partial charge in [-0.05, 0) is 35.9 Å². The zero-order chi connectivity index (χ0) is 27.1. The fourth-order valence-electron chi connectivity index (χ4n) is 5.16. The largest absolute Gasteiger partial charge is 0.458 e. The Morgan fingerprint density at radius 2 is 1.79 bits per heavy atom. The highest BCUT2D eigenvalue weighted by Crippen LogP contribution is 2.42. The monoisotopic (exact) mass is 583 g/mol. The van der Waals surface area contributed by atoms with Crippen molar-refractivity contribution in [2.24, 2.45) is 11.8 Å². The summed E-state index contributed by atoms with van der Waals surface area (Å²) in [6.07, 6.45) is 2.81. The molecule has 4 aliphatic rings. The van der Waals surface area contributed by atoms with Crippen LogP contribution in [0.3, 0.4) is 0 Å². The Labute approximate surface area is 233 Å². The zero-order valence-electron chi connectivity index (χ0n) is 20.0. The van der Waals surface area contributed by atoms with E-state index in [1.54, 1.807) is 36.4 Å². The van der Waals surface area contributed by atoms with Crippen LogP contribution >= 0.6 is 35.0 Å². The van der Waals surface area contributed by atoms with E-state index in [-0.39, 0.29) is 24.1 Å². The van der Waals surface area contributed by atoms with E-state index < -0.39 is 42.8 Å². The van der Waals surface area contributed by atoms with E-state index in [0.717, 1.165) is 4.90 Å². The quantitative estimate of drug-likeness (QED) is 0.299. The maximum atomic E-state index is 13.4. The number of likely N-dealkylation sites (tertiary alicyclic amines) is 1. The number of rotatable bonds is 7. The van der Waals surface area contributed by atoms with Crippen molar-refractivity contribution in [3.63, 3.8) is 0 Å². The number of thioether (sulfide) groups is 1. The molecule has 2 saturated heterocycles. The number of aliphatic hydroxyl groups is 4. The lowest BCUT2D eigenvalue weighted by Crippen LogP contribution is -2.58. The summed E-state index contributed by atoms with van der Waals surface area (Å²) in [5, 5.41) is 44.6. The van der Waals surface area contributed by atoms with E-state index >= 15 is 0 Å². The first-order valence-electron chi connectivity index (χ1n) is 12.1. The summed E-state index contributed by atoms with van der Waals surface area (Å²) in [5.74, 6) is -1.26. The molecule has 38 heavy (non-hydrogen) atoms. The van der Waals surface area contributed by atoms with Gasteiger partial charge in [0.15, 0.2) is 6.23 Å². The Morgan fingerprint density at radius 1 is 1.05 bits per heavy atom. The van der Waals surface area contributed by atoms with Crippen molar-refractivity contribution in [3.05, 3.63) is 63.2 Å². The predicted molar refractivity (Wildman–Crippen MR) is 141 cm³/mol. The van der Waals surface area contributed by atoms with E-state index in [1.807, 2.05) is 0 Å². The second-order valence-electron chi connectivity index (χ2n) is 9.43. The fourth-order valence-corrected chi connectivity index (χ4v) is 6.81. The van der Waals surface area contributed by atoms with Crippen LogP contribution in [0.25, 0.3) is 0 Å². The number of amides is 2. The van der Waals surface area contributed by atoms with Gasteiger partial charge in [0.25, 0.3) is 0 Å². The van der Waals surface area contributed by atoms with Gasteiger partial charge >= 0.3 is 0 Å². The van der Waals surface area contributed by atoms with Gasteiger partial charge in [-0.15, -0.1) is 11.8 Å². The van der Waals surface area contributed by atoms with Gasteiger partial charge < -0.3 is 25.2 Å². The highest BCUT2D eigenvalue weighted by Gasteiger charge is 2.53. The summed E-state index contributed by atoms with van der Waals surface area (Å²) in [4.78, 5) is 29.7. The molecule has 10 nitrogen and oxygen atoms in total. The standard InChI is InChI=1S/C25H27Cl2N3O7S/c26-12-8-13(27)10-14(9-12)37-17-11-20(32)29(24(17)35)6-7-38-18-3-1-2-15-21(18)25(36)30(23(15)34)16-4-5-19(31)28-22(16)33/h1-3,8-11,15-16,19-22,24,28,31-33,35H,4-7H2. The van der Waals surface area contributed by atoms with Crippen molar-refractivity contribution in [1.29, 1.82) is 0 Å². The number of allylic oxidation sites excluding steroid dienone is 2. The Hall–Kier alpha value is -1.93. The molecule has 204 valence electrons. The number of ether oxygens (including phenoxy) is 1. The highest BCUT2D eigenvalue weighted by molar-refractivity contribution is 8.03. The van der Waals surface area contributed by atoms with Gasteiger partial charge in [-0.1, -0.05) is 41.4 Å². The molecule has 2 amide bonds. The molecule has 0 aromatic heterocycles. The van der Waals surface area contributed by atoms with Gasteiger partial charge in [0.1, 0.15) is 30.2 Å². The van der Waals surface area contributed by atoms with E-state index in [0.29, 0.717) is 39.3 Å². The lowest BCUT2D eigenvalue weighted by atomic mass is 9.91. The molecule has 0 saturated carbocycles. The van der Waals surface area contributed by atoms with Crippen LogP contribution < -0.4 is 10.1 Å². The Kier molecular flexibility index (Phi) is 8.20. The first-order valence-corrected chi connectivity index (χ1v) is 13.9. The average Bonchev–Trinajstić information content (AvgIpc) is 3.26. The van der Waals surface area contributed by atoms with Crippen LogP contribution in [0.15, 0.2) is 53.2 Å². The van der Waals surface area contributed by atoms with Gasteiger partial charge in [0.05, 0.1) is 17.9 Å².